The second-order valence-electron chi connectivity index (χ2n) is 2.07. The van der Waals surface area contributed by atoms with Crippen LogP contribution in [0.4, 0.5) is 0 Å². The van der Waals surface area contributed by atoms with Crippen LogP contribution in [0.15, 0.2) is 0 Å². The number of hydrogen-bond donors (Lipinski definition) is 1. The van der Waals surface area contributed by atoms with Gasteiger partial charge in [-0.1, -0.05) is 0 Å². The van der Waals surface area contributed by atoms with E-state index in [4.69, 9.17) is 0 Å². The molecule has 9 heavy (non-hydrogen) atoms. The predicted molar refractivity (Wildman–Crippen MR) is 42.3 cm³/mol. The Bertz CT molecular complexity index is 68.7. The van der Waals surface area contributed by atoms with Gasteiger partial charge in [-0.05, 0) is 7.05 Å². The number of nitrogens with one attached hydrogen (secondary N) is 1. The van der Waals surface area contributed by atoms with Gasteiger partial charge in [-0.3, -0.25) is 4.90 Å². The summed E-state index contributed by atoms with van der Waals surface area (Å²) in [4.78, 5) is 2.32. The molecule has 1 fully saturated rings. The molecule has 0 spiro atoms. The topological polar surface area (TPSA) is 15.3 Å². The Morgan fingerprint density at radius 3 is 2.67 bits per heavy atom. The third-order valence-corrected chi connectivity index (χ3v) is 2.30. The predicted octanol–water partition coefficient (Wildman–Crippen LogP) is 0.374. The van der Waals surface area contributed by atoms with Crippen molar-refractivity contribution in [3.63, 3.8) is 0 Å². The maximum absolute atomic E-state index is 3.03. The van der Waals surface area contributed by atoms with Gasteiger partial charge in [-0.15, -0.1) is 0 Å². The van der Waals surface area contributed by atoms with Crippen LogP contribution in [0.1, 0.15) is 0 Å². The van der Waals surface area contributed by atoms with Crippen molar-refractivity contribution >= 4 is 11.8 Å². The minimum atomic E-state index is 1.20. The van der Waals surface area contributed by atoms with Crippen molar-refractivity contribution in [3.8, 4) is 0 Å². The van der Waals surface area contributed by atoms with Gasteiger partial charge >= 0.3 is 0 Å². The largest absolute Gasteiger partial charge is 0.302 e. The maximum atomic E-state index is 3.03. The fourth-order valence-corrected chi connectivity index (χ4v) is 1.82. The third kappa shape index (κ3) is 2.56. The van der Waals surface area contributed by atoms with Crippen LogP contribution in [0, 0.1) is 6.67 Å². The molecule has 0 amide bonds. The van der Waals surface area contributed by atoms with E-state index in [0.29, 0.717) is 0 Å². The van der Waals surface area contributed by atoms with Crippen LogP contribution in [0.2, 0.25) is 0 Å². The fourth-order valence-electron chi connectivity index (χ4n) is 0.889. The molecule has 2 nitrogen and oxygen atoms in total. The molecule has 0 aromatic rings. The van der Waals surface area contributed by atoms with Gasteiger partial charge in [-0.25, -0.2) is 0 Å². The SMILES string of the molecule is CN[CH]N1CCSCC1. The molecule has 0 saturated carbocycles. The molecule has 0 aromatic heterocycles. The summed E-state index contributed by atoms with van der Waals surface area (Å²) in [6, 6.07) is 0. The summed E-state index contributed by atoms with van der Waals surface area (Å²) >= 11 is 2.04. The van der Waals surface area contributed by atoms with Crippen LogP contribution in [0.25, 0.3) is 0 Å². The molecule has 1 N–H and O–H groups in total. The molecule has 0 unspecified atom stereocenters. The van der Waals surface area contributed by atoms with Gasteiger partial charge in [0.2, 0.25) is 0 Å². The fraction of sp³-hybridized carbons (Fsp3) is 0.833. The first-order chi connectivity index (χ1) is 4.43. The maximum Gasteiger partial charge on any atom is 0.0891 e. The minimum absolute atomic E-state index is 1.20. The average molecular weight is 145 g/mol. The van der Waals surface area contributed by atoms with Crippen LogP contribution in [0.3, 0.4) is 0 Å². The Morgan fingerprint density at radius 1 is 1.44 bits per heavy atom. The zero-order valence-corrected chi connectivity index (χ0v) is 6.58. The van der Waals surface area contributed by atoms with Crippen molar-refractivity contribution < 1.29 is 0 Å². The highest BCUT2D eigenvalue weighted by atomic mass is 32.2. The molecule has 0 bridgehead atoms. The monoisotopic (exact) mass is 145 g/mol. The van der Waals surface area contributed by atoms with Crippen molar-refractivity contribution in [1.82, 2.24) is 10.2 Å². The highest BCUT2D eigenvalue weighted by Gasteiger charge is 2.07. The smallest absolute Gasteiger partial charge is 0.0891 e. The van der Waals surface area contributed by atoms with Gasteiger partial charge in [0.05, 0.1) is 6.67 Å². The molecule has 0 atom stereocenters. The summed E-state index contributed by atoms with van der Waals surface area (Å²) < 4.78 is 0. The lowest BCUT2D eigenvalue weighted by molar-refractivity contribution is 0.349. The summed E-state index contributed by atoms with van der Waals surface area (Å²) in [5.41, 5.74) is 0. The quantitative estimate of drug-likeness (QED) is 0.604. The van der Waals surface area contributed by atoms with Crippen molar-refractivity contribution in [1.29, 1.82) is 0 Å². The van der Waals surface area contributed by atoms with Gasteiger partial charge < -0.3 is 5.32 Å². The van der Waals surface area contributed by atoms with Crippen LogP contribution in [0.5, 0.6) is 0 Å². The lowest BCUT2D eigenvalue weighted by atomic mass is 10.5. The van der Waals surface area contributed by atoms with E-state index in [1.165, 1.54) is 24.6 Å². The van der Waals surface area contributed by atoms with Gasteiger partial charge in [0.15, 0.2) is 0 Å². The van der Waals surface area contributed by atoms with Crippen molar-refractivity contribution in [2.75, 3.05) is 31.6 Å². The molecule has 3 heteroatoms. The third-order valence-electron chi connectivity index (χ3n) is 1.36. The molecule has 1 rings (SSSR count). The molecule has 53 valence electrons. The second-order valence-corrected chi connectivity index (χ2v) is 3.29. The summed E-state index contributed by atoms with van der Waals surface area (Å²) in [5, 5.41) is 3.03. The van der Waals surface area contributed by atoms with E-state index in [9.17, 15) is 0 Å². The highest BCUT2D eigenvalue weighted by Crippen LogP contribution is 2.08. The van der Waals surface area contributed by atoms with Gasteiger partial charge in [0, 0.05) is 24.6 Å². The van der Waals surface area contributed by atoms with E-state index in [0.717, 1.165) is 0 Å². The summed E-state index contributed by atoms with van der Waals surface area (Å²) in [5.74, 6) is 2.55. The Hall–Kier alpha value is 0.270. The molecular weight excluding hydrogens is 132 g/mol. The van der Waals surface area contributed by atoms with E-state index in [2.05, 4.69) is 16.9 Å². The van der Waals surface area contributed by atoms with Gasteiger partial charge in [0.25, 0.3) is 0 Å². The molecule has 1 aliphatic heterocycles. The number of rotatable bonds is 2. The van der Waals surface area contributed by atoms with Gasteiger partial charge in [-0.2, -0.15) is 11.8 Å². The first-order valence-corrected chi connectivity index (χ1v) is 4.41. The Balaban J connectivity index is 2.08. The molecule has 0 aliphatic carbocycles. The number of nitrogens with zero attached hydrogens (tertiary/aromatic N) is 1. The molecular formula is C6H13N2S. The van der Waals surface area contributed by atoms with Crippen LogP contribution in [-0.4, -0.2) is 36.5 Å². The number of thioether (sulfide) groups is 1. The van der Waals surface area contributed by atoms with E-state index in [1.807, 2.05) is 18.8 Å². The van der Waals surface area contributed by atoms with Crippen LogP contribution in [-0.2, 0) is 0 Å². The molecule has 0 aromatic carbocycles. The Morgan fingerprint density at radius 2 is 2.11 bits per heavy atom. The number of hydrogen-bond acceptors (Lipinski definition) is 3. The zero-order valence-electron chi connectivity index (χ0n) is 5.76. The van der Waals surface area contributed by atoms with E-state index < -0.39 is 0 Å². The lowest BCUT2D eigenvalue weighted by Gasteiger charge is -2.24. The highest BCUT2D eigenvalue weighted by molar-refractivity contribution is 7.99. The standard InChI is InChI=1S/C6H13N2S/c1-7-6-8-2-4-9-5-3-8/h6-7H,2-5H2,1H3. The van der Waals surface area contributed by atoms with Crippen molar-refractivity contribution in [2.45, 2.75) is 0 Å². The normalized spacial score (nSPS) is 22.3. The van der Waals surface area contributed by atoms with E-state index in [-0.39, 0.29) is 0 Å². The molecule has 1 saturated heterocycles. The first-order valence-electron chi connectivity index (χ1n) is 3.26. The van der Waals surface area contributed by atoms with Crippen LogP contribution >= 0.6 is 11.8 Å². The van der Waals surface area contributed by atoms with E-state index in [1.54, 1.807) is 0 Å². The second kappa shape index (κ2) is 4.14. The Labute approximate surface area is 61.0 Å². The zero-order chi connectivity index (χ0) is 6.53. The Kier molecular flexibility index (Phi) is 3.40. The van der Waals surface area contributed by atoms with Gasteiger partial charge in [0.1, 0.15) is 0 Å². The molecule has 1 heterocycles. The summed E-state index contributed by atoms with van der Waals surface area (Å²) in [6.07, 6.45) is 0. The summed E-state index contributed by atoms with van der Waals surface area (Å²) in [7, 11) is 1.95. The first kappa shape index (κ1) is 7.38. The lowest BCUT2D eigenvalue weighted by Crippen LogP contribution is -2.34. The van der Waals surface area contributed by atoms with Crippen molar-refractivity contribution in [2.24, 2.45) is 0 Å². The van der Waals surface area contributed by atoms with E-state index >= 15 is 0 Å². The minimum Gasteiger partial charge on any atom is -0.302 e. The molecule has 1 aliphatic rings. The average Bonchev–Trinajstić information content (AvgIpc) is 1.91. The van der Waals surface area contributed by atoms with Crippen molar-refractivity contribution in [3.05, 3.63) is 6.67 Å². The summed E-state index contributed by atoms with van der Waals surface area (Å²) in [6.45, 7) is 4.46. The van der Waals surface area contributed by atoms with Crippen LogP contribution < -0.4 is 5.32 Å². The molecule has 1 radical (unpaired) electrons.